The molecule has 0 saturated carbocycles. The van der Waals surface area contributed by atoms with E-state index in [-0.39, 0.29) is 6.61 Å². The van der Waals surface area contributed by atoms with Gasteiger partial charge in [0.1, 0.15) is 0 Å². The zero-order valence-corrected chi connectivity index (χ0v) is 10.7. The quantitative estimate of drug-likeness (QED) is 0.566. The highest BCUT2D eigenvalue weighted by Gasteiger charge is 1.93. The number of rotatable bonds is 9. The minimum absolute atomic E-state index is 0.219. The molecule has 0 aliphatic carbocycles. The maximum Gasteiger partial charge on any atom is 0.0555 e. The standard InChI is InChI=1S/C14H24N2O/c1-2-13-4-6-14(7-5-13)12-16-9-3-8-15-10-11-17/h4-7,15-17H,2-3,8-12H2,1H3. The van der Waals surface area contributed by atoms with Crippen LogP contribution < -0.4 is 10.6 Å². The summed E-state index contributed by atoms with van der Waals surface area (Å²) in [6, 6.07) is 8.77. The lowest BCUT2D eigenvalue weighted by molar-refractivity contribution is 0.292. The second-order valence-corrected chi connectivity index (χ2v) is 4.17. The molecule has 0 heterocycles. The molecule has 1 aromatic carbocycles. The number of benzene rings is 1. The predicted molar refractivity (Wildman–Crippen MR) is 72.1 cm³/mol. The molecule has 3 heteroatoms. The fraction of sp³-hybridized carbons (Fsp3) is 0.571. The summed E-state index contributed by atoms with van der Waals surface area (Å²) in [6.07, 6.45) is 2.19. The summed E-state index contributed by atoms with van der Waals surface area (Å²) in [5.41, 5.74) is 2.73. The lowest BCUT2D eigenvalue weighted by atomic mass is 10.1. The minimum Gasteiger partial charge on any atom is -0.395 e. The van der Waals surface area contributed by atoms with E-state index in [0.29, 0.717) is 6.54 Å². The molecule has 0 aliphatic rings. The van der Waals surface area contributed by atoms with Crippen LogP contribution in [-0.4, -0.2) is 31.3 Å². The summed E-state index contributed by atoms with van der Waals surface area (Å²) in [5.74, 6) is 0. The van der Waals surface area contributed by atoms with Gasteiger partial charge in [-0.25, -0.2) is 0 Å². The van der Waals surface area contributed by atoms with Crippen LogP contribution in [0.4, 0.5) is 0 Å². The normalized spacial score (nSPS) is 10.7. The van der Waals surface area contributed by atoms with Crippen LogP contribution in [0.2, 0.25) is 0 Å². The number of aryl methyl sites for hydroxylation is 1. The fourth-order valence-corrected chi connectivity index (χ4v) is 1.67. The van der Waals surface area contributed by atoms with Crippen molar-refractivity contribution in [2.75, 3.05) is 26.2 Å². The van der Waals surface area contributed by atoms with Gasteiger partial charge in [-0.3, -0.25) is 0 Å². The summed E-state index contributed by atoms with van der Waals surface area (Å²) in [7, 11) is 0. The molecule has 1 rings (SSSR count). The van der Waals surface area contributed by atoms with Crippen molar-refractivity contribution >= 4 is 0 Å². The first-order valence-corrected chi connectivity index (χ1v) is 6.47. The Bertz CT molecular complexity index is 285. The van der Waals surface area contributed by atoms with Gasteiger partial charge in [-0.1, -0.05) is 31.2 Å². The monoisotopic (exact) mass is 236 g/mol. The fourth-order valence-electron chi connectivity index (χ4n) is 1.67. The summed E-state index contributed by atoms with van der Waals surface area (Å²) < 4.78 is 0. The van der Waals surface area contributed by atoms with Gasteiger partial charge < -0.3 is 15.7 Å². The number of hydrogen-bond acceptors (Lipinski definition) is 3. The van der Waals surface area contributed by atoms with Crippen LogP contribution in [-0.2, 0) is 13.0 Å². The van der Waals surface area contributed by atoms with E-state index in [0.717, 1.165) is 32.5 Å². The van der Waals surface area contributed by atoms with Crippen LogP contribution in [0.3, 0.4) is 0 Å². The highest BCUT2D eigenvalue weighted by Crippen LogP contribution is 2.04. The van der Waals surface area contributed by atoms with Gasteiger partial charge in [0.25, 0.3) is 0 Å². The Balaban J connectivity index is 2.05. The number of nitrogens with one attached hydrogen (secondary N) is 2. The third-order valence-corrected chi connectivity index (χ3v) is 2.76. The number of aliphatic hydroxyl groups is 1. The summed E-state index contributed by atoms with van der Waals surface area (Å²) in [6.45, 7) is 5.99. The third-order valence-electron chi connectivity index (χ3n) is 2.76. The lowest BCUT2D eigenvalue weighted by Gasteiger charge is -2.06. The van der Waals surface area contributed by atoms with Crippen molar-refractivity contribution in [3.05, 3.63) is 35.4 Å². The number of aliphatic hydroxyl groups excluding tert-OH is 1. The van der Waals surface area contributed by atoms with E-state index in [4.69, 9.17) is 5.11 Å². The molecule has 0 amide bonds. The molecule has 0 fully saturated rings. The van der Waals surface area contributed by atoms with Gasteiger partial charge in [-0.05, 0) is 37.1 Å². The van der Waals surface area contributed by atoms with Gasteiger partial charge in [-0.15, -0.1) is 0 Å². The summed E-state index contributed by atoms with van der Waals surface area (Å²) in [5, 5.41) is 15.2. The molecule has 0 saturated heterocycles. The van der Waals surface area contributed by atoms with Crippen LogP contribution in [0.25, 0.3) is 0 Å². The first kappa shape index (κ1) is 14.2. The SMILES string of the molecule is CCc1ccc(CNCCCNCCO)cc1. The Kier molecular flexibility index (Phi) is 7.63. The van der Waals surface area contributed by atoms with Crippen molar-refractivity contribution in [1.82, 2.24) is 10.6 Å². The van der Waals surface area contributed by atoms with Crippen LogP contribution in [0.5, 0.6) is 0 Å². The van der Waals surface area contributed by atoms with Crippen molar-refractivity contribution in [2.24, 2.45) is 0 Å². The highest BCUT2D eigenvalue weighted by molar-refractivity contribution is 5.22. The van der Waals surface area contributed by atoms with E-state index in [1.54, 1.807) is 0 Å². The second kappa shape index (κ2) is 9.16. The largest absolute Gasteiger partial charge is 0.395 e. The summed E-state index contributed by atoms with van der Waals surface area (Å²) in [4.78, 5) is 0. The molecule has 17 heavy (non-hydrogen) atoms. The van der Waals surface area contributed by atoms with Gasteiger partial charge in [0.2, 0.25) is 0 Å². The molecule has 1 aromatic rings. The molecule has 0 unspecified atom stereocenters. The predicted octanol–water partition coefficient (Wildman–Crippen LogP) is 1.31. The van der Waals surface area contributed by atoms with E-state index in [2.05, 4.69) is 41.8 Å². The lowest BCUT2D eigenvalue weighted by Crippen LogP contribution is -2.23. The van der Waals surface area contributed by atoms with Crippen molar-refractivity contribution < 1.29 is 5.11 Å². The van der Waals surface area contributed by atoms with E-state index in [1.165, 1.54) is 11.1 Å². The molecule has 3 N–H and O–H groups in total. The highest BCUT2D eigenvalue weighted by atomic mass is 16.3. The minimum atomic E-state index is 0.219. The zero-order chi connectivity index (χ0) is 12.3. The average molecular weight is 236 g/mol. The third kappa shape index (κ3) is 6.41. The van der Waals surface area contributed by atoms with Crippen molar-refractivity contribution in [3.8, 4) is 0 Å². The van der Waals surface area contributed by atoms with Crippen molar-refractivity contribution in [1.29, 1.82) is 0 Å². The van der Waals surface area contributed by atoms with Crippen LogP contribution in [0, 0.1) is 0 Å². The van der Waals surface area contributed by atoms with E-state index in [1.807, 2.05) is 0 Å². The molecule has 0 atom stereocenters. The van der Waals surface area contributed by atoms with E-state index < -0.39 is 0 Å². The zero-order valence-electron chi connectivity index (χ0n) is 10.7. The van der Waals surface area contributed by atoms with Crippen LogP contribution >= 0.6 is 0 Å². The molecule has 96 valence electrons. The Morgan fingerprint density at radius 2 is 1.59 bits per heavy atom. The van der Waals surface area contributed by atoms with E-state index in [9.17, 15) is 0 Å². The molecule has 0 radical (unpaired) electrons. The molecular weight excluding hydrogens is 212 g/mol. The Labute approximate surface area is 104 Å². The Morgan fingerprint density at radius 1 is 0.941 bits per heavy atom. The topological polar surface area (TPSA) is 44.3 Å². The van der Waals surface area contributed by atoms with Crippen LogP contribution in [0.1, 0.15) is 24.5 Å². The van der Waals surface area contributed by atoms with Gasteiger partial charge in [-0.2, -0.15) is 0 Å². The molecular formula is C14H24N2O. The molecule has 0 bridgehead atoms. The Hall–Kier alpha value is -0.900. The first-order chi connectivity index (χ1) is 8.36. The summed E-state index contributed by atoms with van der Waals surface area (Å²) >= 11 is 0. The van der Waals surface area contributed by atoms with Gasteiger partial charge in [0.05, 0.1) is 6.61 Å². The van der Waals surface area contributed by atoms with Gasteiger partial charge >= 0.3 is 0 Å². The van der Waals surface area contributed by atoms with Gasteiger partial charge in [0.15, 0.2) is 0 Å². The molecule has 0 aliphatic heterocycles. The first-order valence-electron chi connectivity index (χ1n) is 6.47. The average Bonchev–Trinajstić information content (AvgIpc) is 2.38. The smallest absolute Gasteiger partial charge is 0.0555 e. The van der Waals surface area contributed by atoms with Crippen LogP contribution in [0.15, 0.2) is 24.3 Å². The molecule has 3 nitrogen and oxygen atoms in total. The van der Waals surface area contributed by atoms with Crippen molar-refractivity contribution in [3.63, 3.8) is 0 Å². The Morgan fingerprint density at radius 3 is 2.24 bits per heavy atom. The maximum atomic E-state index is 8.58. The van der Waals surface area contributed by atoms with Gasteiger partial charge in [0, 0.05) is 13.1 Å². The number of hydrogen-bond donors (Lipinski definition) is 3. The van der Waals surface area contributed by atoms with Crippen molar-refractivity contribution in [2.45, 2.75) is 26.3 Å². The molecule has 0 aromatic heterocycles. The maximum absolute atomic E-state index is 8.58. The van der Waals surface area contributed by atoms with E-state index >= 15 is 0 Å². The second-order valence-electron chi connectivity index (χ2n) is 4.17. The molecule has 0 spiro atoms.